The lowest BCUT2D eigenvalue weighted by Gasteiger charge is -2.21. The molecule has 0 radical (unpaired) electrons. The SMILES string of the molecule is CC(C)c1ncc(CN2CCCC2CO)s1. The van der Waals surface area contributed by atoms with E-state index < -0.39 is 0 Å². The molecule has 1 saturated heterocycles. The average Bonchev–Trinajstić information content (AvgIpc) is 2.87. The topological polar surface area (TPSA) is 36.4 Å². The van der Waals surface area contributed by atoms with Crippen molar-refractivity contribution in [3.63, 3.8) is 0 Å². The number of nitrogens with zero attached hydrogens (tertiary/aromatic N) is 2. The van der Waals surface area contributed by atoms with Crippen LogP contribution in [0.4, 0.5) is 0 Å². The first-order chi connectivity index (χ1) is 7.70. The van der Waals surface area contributed by atoms with Crippen LogP contribution in [-0.2, 0) is 6.54 Å². The van der Waals surface area contributed by atoms with Gasteiger partial charge in [-0.2, -0.15) is 0 Å². The van der Waals surface area contributed by atoms with E-state index in [9.17, 15) is 5.11 Å². The third-order valence-corrected chi connectivity index (χ3v) is 4.42. The second kappa shape index (κ2) is 5.25. The van der Waals surface area contributed by atoms with Gasteiger partial charge in [-0.1, -0.05) is 13.8 Å². The Hall–Kier alpha value is -0.450. The molecular weight excluding hydrogens is 220 g/mol. The third-order valence-electron chi connectivity index (χ3n) is 3.13. The predicted octanol–water partition coefficient (Wildman–Crippen LogP) is 2.22. The van der Waals surface area contributed by atoms with Crippen molar-refractivity contribution in [2.24, 2.45) is 0 Å². The summed E-state index contributed by atoms with van der Waals surface area (Å²) < 4.78 is 0. The highest BCUT2D eigenvalue weighted by atomic mass is 32.1. The fourth-order valence-electron chi connectivity index (χ4n) is 2.17. The van der Waals surface area contributed by atoms with Crippen molar-refractivity contribution >= 4 is 11.3 Å². The Kier molecular flexibility index (Phi) is 3.95. The van der Waals surface area contributed by atoms with Crippen LogP contribution in [0.5, 0.6) is 0 Å². The van der Waals surface area contributed by atoms with Crippen LogP contribution in [0.15, 0.2) is 6.20 Å². The normalized spacial score (nSPS) is 22.1. The van der Waals surface area contributed by atoms with Crippen molar-refractivity contribution in [1.29, 1.82) is 0 Å². The number of rotatable bonds is 4. The summed E-state index contributed by atoms with van der Waals surface area (Å²) >= 11 is 1.81. The summed E-state index contributed by atoms with van der Waals surface area (Å²) in [5.41, 5.74) is 0. The maximum atomic E-state index is 9.25. The lowest BCUT2D eigenvalue weighted by atomic mass is 10.2. The minimum atomic E-state index is 0.288. The van der Waals surface area contributed by atoms with Crippen LogP contribution in [-0.4, -0.2) is 34.2 Å². The first-order valence-corrected chi connectivity index (χ1v) is 6.82. The van der Waals surface area contributed by atoms with Crippen LogP contribution >= 0.6 is 11.3 Å². The standard InChI is InChI=1S/C12H20N2OS/c1-9(2)12-13-6-11(16-12)7-14-5-3-4-10(14)8-15/h6,9-10,15H,3-5,7-8H2,1-2H3. The zero-order valence-corrected chi connectivity index (χ0v) is 10.8. The molecule has 2 heterocycles. The first-order valence-electron chi connectivity index (χ1n) is 6.00. The molecule has 90 valence electrons. The number of aliphatic hydroxyl groups excluding tert-OH is 1. The molecule has 0 bridgehead atoms. The van der Waals surface area contributed by atoms with Gasteiger partial charge < -0.3 is 5.11 Å². The Morgan fingerprint density at radius 1 is 1.62 bits per heavy atom. The number of thiazole rings is 1. The highest BCUT2D eigenvalue weighted by Gasteiger charge is 2.24. The molecule has 1 unspecified atom stereocenters. The molecule has 1 aromatic rings. The number of aromatic nitrogens is 1. The van der Waals surface area contributed by atoms with E-state index >= 15 is 0 Å². The Morgan fingerprint density at radius 2 is 2.44 bits per heavy atom. The molecule has 0 aromatic carbocycles. The van der Waals surface area contributed by atoms with Crippen LogP contribution in [0.1, 0.15) is 42.5 Å². The summed E-state index contributed by atoms with van der Waals surface area (Å²) in [4.78, 5) is 8.13. The largest absolute Gasteiger partial charge is 0.395 e. The van der Waals surface area contributed by atoms with Gasteiger partial charge in [0, 0.05) is 29.6 Å². The van der Waals surface area contributed by atoms with Gasteiger partial charge >= 0.3 is 0 Å². The third kappa shape index (κ3) is 2.62. The molecule has 4 heteroatoms. The van der Waals surface area contributed by atoms with Crippen molar-refractivity contribution in [2.75, 3.05) is 13.2 Å². The van der Waals surface area contributed by atoms with Crippen LogP contribution in [0.3, 0.4) is 0 Å². The molecular formula is C12H20N2OS. The summed E-state index contributed by atoms with van der Waals surface area (Å²) in [6.07, 6.45) is 4.33. The summed E-state index contributed by atoms with van der Waals surface area (Å²) in [5.74, 6) is 0.519. The molecule has 16 heavy (non-hydrogen) atoms. The van der Waals surface area contributed by atoms with Crippen molar-refractivity contribution in [3.8, 4) is 0 Å². The molecule has 1 aliphatic rings. The van der Waals surface area contributed by atoms with Crippen molar-refractivity contribution in [1.82, 2.24) is 9.88 Å². The van der Waals surface area contributed by atoms with E-state index in [1.807, 2.05) is 6.20 Å². The molecule has 1 N–H and O–H groups in total. The van der Waals surface area contributed by atoms with E-state index in [1.54, 1.807) is 11.3 Å². The molecule has 0 aliphatic carbocycles. The highest BCUT2D eigenvalue weighted by molar-refractivity contribution is 7.11. The minimum Gasteiger partial charge on any atom is -0.395 e. The van der Waals surface area contributed by atoms with Crippen LogP contribution in [0.2, 0.25) is 0 Å². The summed E-state index contributed by atoms with van der Waals surface area (Å²) in [6, 6.07) is 0.365. The van der Waals surface area contributed by atoms with Crippen LogP contribution in [0, 0.1) is 0 Å². The van der Waals surface area contributed by atoms with Gasteiger partial charge in [0.25, 0.3) is 0 Å². The molecule has 0 spiro atoms. The van der Waals surface area contributed by atoms with Gasteiger partial charge in [0.2, 0.25) is 0 Å². The molecule has 0 saturated carbocycles. The van der Waals surface area contributed by atoms with E-state index in [0.29, 0.717) is 12.0 Å². The maximum absolute atomic E-state index is 9.25. The van der Waals surface area contributed by atoms with Gasteiger partial charge in [-0.25, -0.2) is 4.98 Å². The molecule has 1 atom stereocenters. The van der Waals surface area contributed by atoms with Gasteiger partial charge in [-0.3, -0.25) is 4.90 Å². The molecule has 3 nitrogen and oxygen atoms in total. The van der Waals surface area contributed by atoms with E-state index in [-0.39, 0.29) is 6.61 Å². The lowest BCUT2D eigenvalue weighted by molar-refractivity contribution is 0.154. The van der Waals surface area contributed by atoms with E-state index in [4.69, 9.17) is 0 Å². The second-order valence-electron chi connectivity index (χ2n) is 4.77. The quantitative estimate of drug-likeness (QED) is 0.876. The van der Waals surface area contributed by atoms with E-state index in [2.05, 4.69) is 23.7 Å². The smallest absolute Gasteiger partial charge is 0.0953 e. The van der Waals surface area contributed by atoms with Gasteiger partial charge in [0.15, 0.2) is 0 Å². The minimum absolute atomic E-state index is 0.288. The monoisotopic (exact) mass is 240 g/mol. The van der Waals surface area contributed by atoms with Gasteiger partial charge in [-0.05, 0) is 19.4 Å². The fraction of sp³-hybridized carbons (Fsp3) is 0.750. The highest BCUT2D eigenvalue weighted by Crippen LogP contribution is 2.25. The average molecular weight is 240 g/mol. The van der Waals surface area contributed by atoms with Gasteiger partial charge in [-0.15, -0.1) is 11.3 Å². The van der Waals surface area contributed by atoms with Crippen molar-refractivity contribution in [2.45, 2.75) is 45.2 Å². The summed E-state index contributed by atoms with van der Waals surface area (Å²) in [7, 11) is 0. The Labute approximate surface area is 101 Å². The second-order valence-corrected chi connectivity index (χ2v) is 5.92. The summed E-state index contributed by atoms with van der Waals surface area (Å²) in [5, 5.41) is 10.5. The molecule has 2 rings (SSSR count). The van der Waals surface area contributed by atoms with Gasteiger partial charge in [0.05, 0.1) is 11.6 Å². The van der Waals surface area contributed by atoms with Gasteiger partial charge in [0.1, 0.15) is 0 Å². The van der Waals surface area contributed by atoms with Crippen LogP contribution < -0.4 is 0 Å². The number of likely N-dealkylation sites (tertiary alicyclic amines) is 1. The zero-order chi connectivity index (χ0) is 11.5. The Bertz CT molecular complexity index is 338. The predicted molar refractivity (Wildman–Crippen MR) is 66.7 cm³/mol. The van der Waals surface area contributed by atoms with Crippen LogP contribution in [0.25, 0.3) is 0 Å². The molecule has 1 aromatic heterocycles. The summed E-state index contributed by atoms with van der Waals surface area (Å²) in [6.45, 7) is 6.70. The van der Waals surface area contributed by atoms with E-state index in [1.165, 1.54) is 16.3 Å². The van der Waals surface area contributed by atoms with Crippen molar-refractivity contribution in [3.05, 3.63) is 16.1 Å². The number of hydrogen-bond acceptors (Lipinski definition) is 4. The lowest BCUT2D eigenvalue weighted by Crippen LogP contribution is -2.31. The first kappa shape index (κ1) is 12.0. The molecule has 1 aliphatic heterocycles. The fourth-order valence-corrected chi connectivity index (χ4v) is 3.12. The maximum Gasteiger partial charge on any atom is 0.0953 e. The number of aliphatic hydroxyl groups is 1. The van der Waals surface area contributed by atoms with E-state index in [0.717, 1.165) is 19.5 Å². The molecule has 0 amide bonds. The Morgan fingerprint density at radius 3 is 3.06 bits per heavy atom. The molecule has 1 fully saturated rings. The van der Waals surface area contributed by atoms with Crippen molar-refractivity contribution < 1.29 is 5.11 Å². The Balaban J connectivity index is 1.97. The number of hydrogen-bond donors (Lipinski definition) is 1. The zero-order valence-electron chi connectivity index (χ0n) is 10.0.